The van der Waals surface area contributed by atoms with Gasteiger partial charge in [-0.3, -0.25) is 4.79 Å². The van der Waals surface area contributed by atoms with Crippen molar-refractivity contribution < 1.29 is 14.6 Å². The number of aromatic hydroxyl groups is 1. The molecule has 1 aliphatic carbocycles. The van der Waals surface area contributed by atoms with E-state index in [1.807, 2.05) is 42.1 Å². The third-order valence-electron chi connectivity index (χ3n) is 5.17. The Labute approximate surface area is 161 Å². The van der Waals surface area contributed by atoms with Gasteiger partial charge in [0, 0.05) is 41.8 Å². The molecule has 4 rings (SSSR count). The highest BCUT2D eigenvalue weighted by Crippen LogP contribution is 2.38. The van der Waals surface area contributed by atoms with E-state index in [-0.39, 0.29) is 17.9 Å². The van der Waals surface area contributed by atoms with E-state index in [4.69, 9.17) is 4.74 Å². The van der Waals surface area contributed by atoms with Crippen LogP contribution in [-0.4, -0.2) is 27.3 Å². The Hall–Kier alpha value is -3.54. The summed E-state index contributed by atoms with van der Waals surface area (Å²) in [7, 11) is 3.16. The minimum Gasteiger partial charge on any atom is -0.506 e. The molecule has 1 aromatic carbocycles. The Morgan fingerprint density at radius 3 is 2.89 bits per heavy atom. The number of allylic oxidation sites excluding steroid dienone is 2. The van der Waals surface area contributed by atoms with E-state index >= 15 is 0 Å². The number of carbonyl (C=O) groups excluding carboxylic acids is 1. The normalized spacial score (nSPS) is 12.4. The summed E-state index contributed by atoms with van der Waals surface area (Å²) in [6.45, 7) is 3.94. The highest BCUT2D eigenvalue weighted by atomic mass is 16.5. The molecule has 3 aromatic rings. The lowest BCUT2D eigenvalue weighted by Crippen LogP contribution is -2.29. The molecule has 1 aliphatic rings. The molecule has 6 heteroatoms. The van der Waals surface area contributed by atoms with Crippen LogP contribution < -0.4 is 5.56 Å². The van der Waals surface area contributed by atoms with Gasteiger partial charge >= 0.3 is 5.97 Å². The Kier molecular flexibility index (Phi) is 4.19. The molecule has 0 amide bonds. The number of hydrogen-bond donors (Lipinski definition) is 1. The Morgan fingerprint density at radius 1 is 1.39 bits per heavy atom. The van der Waals surface area contributed by atoms with E-state index in [2.05, 4.69) is 12.6 Å². The molecule has 0 unspecified atom stereocenters. The number of hydrogen-bond acceptors (Lipinski definition) is 4. The predicted octanol–water partition coefficient (Wildman–Crippen LogP) is 3.25. The Bertz CT molecular complexity index is 1230. The largest absolute Gasteiger partial charge is 0.506 e. The number of esters is 1. The van der Waals surface area contributed by atoms with Gasteiger partial charge < -0.3 is 19.0 Å². The topological polar surface area (TPSA) is 73.5 Å². The maximum atomic E-state index is 13.1. The van der Waals surface area contributed by atoms with Crippen molar-refractivity contribution in [2.45, 2.75) is 13.0 Å². The monoisotopic (exact) mass is 376 g/mol. The van der Waals surface area contributed by atoms with Crippen LogP contribution >= 0.6 is 0 Å². The summed E-state index contributed by atoms with van der Waals surface area (Å²) in [6.07, 6.45) is 7.85. The number of benzene rings is 1. The maximum absolute atomic E-state index is 13.1. The highest BCUT2D eigenvalue weighted by molar-refractivity contribution is 5.96. The zero-order valence-electron chi connectivity index (χ0n) is 15.7. The summed E-state index contributed by atoms with van der Waals surface area (Å²) >= 11 is 0. The molecule has 28 heavy (non-hydrogen) atoms. The first kappa shape index (κ1) is 17.9. The lowest BCUT2D eigenvalue weighted by molar-refractivity contribution is 0.0594. The first-order valence-electron chi connectivity index (χ1n) is 8.91. The van der Waals surface area contributed by atoms with Gasteiger partial charge in [0.15, 0.2) is 5.56 Å². The summed E-state index contributed by atoms with van der Waals surface area (Å²) in [4.78, 5) is 25.2. The van der Waals surface area contributed by atoms with Crippen molar-refractivity contribution >= 4 is 22.9 Å². The zero-order valence-corrected chi connectivity index (χ0v) is 15.7. The molecule has 0 fully saturated rings. The number of carbonyl (C=O) groups is 1. The van der Waals surface area contributed by atoms with Crippen molar-refractivity contribution in [2.24, 2.45) is 7.05 Å². The van der Waals surface area contributed by atoms with Gasteiger partial charge in [0.05, 0.1) is 12.8 Å². The van der Waals surface area contributed by atoms with E-state index in [1.165, 1.54) is 11.7 Å². The predicted molar refractivity (Wildman–Crippen MR) is 109 cm³/mol. The number of rotatable bonds is 3. The number of methoxy groups -OCH3 is 1. The quantitative estimate of drug-likeness (QED) is 0.563. The molecule has 2 heterocycles. The number of fused-ring (bicyclic) bond motifs is 4. The first-order valence-corrected chi connectivity index (χ1v) is 8.91. The van der Waals surface area contributed by atoms with Crippen LogP contribution in [0.1, 0.15) is 21.5 Å². The van der Waals surface area contributed by atoms with E-state index in [0.717, 1.165) is 22.0 Å². The van der Waals surface area contributed by atoms with E-state index in [9.17, 15) is 14.7 Å². The standard InChI is InChI=1S/C22H20N2O4/c1-4-9-24-19-15(20(25)18(21(24)26)22(27)28-3)7-5-6-13-12-17-14(11-16(13)19)8-10-23(17)2/h4-6,8,10-12,25H,1,7,9H2,2-3H3. The Morgan fingerprint density at radius 2 is 2.18 bits per heavy atom. The van der Waals surface area contributed by atoms with Crippen molar-refractivity contribution in [1.82, 2.24) is 9.13 Å². The van der Waals surface area contributed by atoms with Crippen molar-refractivity contribution in [3.63, 3.8) is 0 Å². The molecule has 0 saturated heterocycles. The van der Waals surface area contributed by atoms with Crippen LogP contribution in [0.3, 0.4) is 0 Å². The van der Waals surface area contributed by atoms with Gasteiger partial charge in [-0.1, -0.05) is 18.2 Å². The SMILES string of the molecule is C=CCn1c2c(c(O)c(C(=O)OC)c1=O)CC=Cc1cc3c(ccn3C)cc1-2. The second-order valence-corrected chi connectivity index (χ2v) is 6.78. The summed E-state index contributed by atoms with van der Waals surface area (Å²) in [5, 5.41) is 11.8. The van der Waals surface area contributed by atoms with Crippen LogP contribution in [-0.2, 0) is 24.8 Å². The van der Waals surface area contributed by atoms with Crippen LogP contribution in [0.2, 0.25) is 0 Å². The number of pyridine rings is 1. The number of aryl methyl sites for hydroxylation is 1. The summed E-state index contributed by atoms with van der Waals surface area (Å²) < 4.78 is 8.24. The second-order valence-electron chi connectivity index (χ2n) is 6.78. The molecule has 0 bridgehead atoms. The smallest absolute Gasteiger partial charge is 0.347 e. The van der Waals surface area contributed by atoms with E-state index in [1.54, 1.807) is 6.08 Å². The van der Waals surface area contributed by atoms with Crippen LogP contribution in [0, 0.1) is 0 Å². The van der Waals surface area contributed by atoms with Gasteiger partial charge in [-0.05, 0) is 30.2 Å². The van der Waals surface area contributed by atoms with Crippen LogP contribution in [0.25, 0.3) is 28.2 Å². The number of ether oxygens (including phenoxy) is 1. The molecule has 0 aliphatic heterocycles. The highest BCUT2D eigenvalue weighted by Gasteiger charge is 2.28. The van der Waals surface area contributed by atoms with Crippen LogP contribution in [0.15, 0.2) is 47.9 Å². The summed E-state index contributed by atoms with van der Waals surface area (Å²) in [5.74, 6) is -1.17. The van der Waals surface area contributed by atoms with Gasteiger partial charge in [-0.25, -0.2) is 4.79 Å². The lowest BCUT2D eigenvalue weighted by Gasteiger charge is -2.19. The minimum absolute atomic E-state index is 0.206. The maximum Gasteiger partial charge on any atom is 0.347 e. The summed E-state index contributed by atoms with van der Waals surface area (Å²) in [5.41, 5.74) is 3.01. The molecule has 142 valence electrons. The van der Waals surface area contributed by atoms with Crippen molar-refractivity contribution in [1.29, 1.82) is 0 Å². The average molecular weight is 376 g/mol. The third kappa shape index (κ3) is 2.49. The molecular weight excluding hydrogens is 356 g/mol. The van der Waals surface area contributed by atoms with Gasteiger partial charge in [-0.15, -0.1) is 6.58 Å². The third-order valence-corrected chi connectivity index (χ3v) is 5.17. The zero-order chi connectivity index (χ0) is 20.0. The molecule has 1 N–H and O–H groups in total. The Balaban J connectivity index is 2.15. The second kappa shape index (κ2) is 6.56. The number of nitrogens with zero attached hydrogens (tertiary/aromatic N) is 2. The molecule has 0 spiro atoms. The molecule has 6 nitrogen and oxygen atoms in total. The van der Waals surface area contributed by atoms with Crippen LogP contribution in [0.5, 0.6) is 5.75 Å². The fraction of sp³-hybridized carbons (Fsp3) is 0.182. The lowest BCUT2D eigenvalue weighted by atomic mass is 9.97. The van der Waals surface area contributed by atoms with Crippen molar-refractivity contribution in [3.05, 3.63) is 70.2 Å². The minimum atomic E-state index is -0.852. The molecular formula is C22H20N2O4. The van der Waals surface area contributed by atoms with Gasteiger partial charge in [0.1, 0.15) is 5.75 Å². The molecule has 0 atom stereocenters. The van der Waals surface area contributed by atoms with Gasteiger partial charge in [0.25, 0.3) is 5.56 Å². The summed E-state index contributed by atoms with van der Waals surface area (Å²) in [6, 6.07) is 6.07. The van der Waals surface area contributed by atoms with Gasteiger partial charge in [0.2, 0.25) is 0 Å². The van der Waals surface area contributed by atoms with E-state index < -0.39 is 11.5 Å². The average Bonchev–Trinajstić information content (AvgIpc) is 2.93. The fourth-order valence-corrected chi connectivity index (χ4v) is 3.83. The first-order chi connectivity index (χ1) is 13.5. The molecule has 2 aromatic heterocycles. The fourth-order valence-electron chi connectivity index (χ4n) is 3.83. The van der Waals surface area contributed by atoms with Gasteiger partial charge in [-0.2, -0.15) is 0 Å². The van der Waals surface area contributed by atoms with E-state index in [0.29, 0.717) is 17.7 Å². The number of aromatic nitrogens is 2. The van der Waals surface area contributed by atoms with Crippen LogP contribution in [0.4, 0.5) is 0 Å². The molecule has 0 radical (unpaired) electrons. The van der Waals surface area contributed by atoms with Crippen molar-refractivity contribution in [2.75, 3.05) is 7.11 Å². The van der Waals surface area contributed by atoms with Crippen molar-refractivity contribution in [3.8, 4) is 17.0 Å². The molecule has 0 saturated carbocycles.